The fourth-order valence-corrected chi connectivity index (χ4v) is 3.38. The summed E-state index contributed by atoms with van der Waals surface area (Å²) in [5, 5.41) is 0. The number of rotatable bonds is 4. The Morgan fingerprint density at radius 3 is 2.72 bits per heavy atom. The highest BCUT2D eigenvalue weighted by atomic mass is 16.3. The molecule has 0 aliphatic carbocycles. The van der Waals surface area contributed by atoms with Crippen LogP contribution in [0.5, 0.6) is 0 Å². The average Bonchev–Trinajstić information content (AvgIpc) is 3.25. The Bertz CT molecular complexity index is 933. The number of fused-ring (bicyclic) bond motifs is 1. The number of amides is 1. The first kappa shape index (κ1) is 15.7. The third-order valence-corrected chi connectivity index (χ3v) is 4.67. The minimum Gasteiger partial charge on any atom is -0.467 e. The average molecular weight is 340 g/mol. The molecule has 0 atom stereocenters. The Balaban J connectivity index is 1.70. The minimum absolute atomic E-state index is 0.0114. The van der Waals surface area contributed by atoms with Gasteiger partial charge in [0, 0.05) is 19.3 Å². The van der Waals surface area contributed by atoms with Crippen molar-refractivity contribution in [2.24, 2.45) is 0 Å². The third kappa shape index (κ3) is 2.97. The van der Waals surface area contributed by atoms with E-state index in [0.29, 0.717) is 23.5 Å². The van der Waals surface area contributed by atoms with Crippen LogP contribution in [0, 0.1) is 0 Å². The summed E-state index contributed by atoms with van der Waals surface area (Å²) in [5.74, 6) is 0.664. The fourth-order valence-electron chi connectivity index (χ4n) is 3.38. The van der Waals surface area contributed by atoms with E-state index in [4.69, 9.17) is 4.42 Å². The SMILES string of the molecule is O=C(Cn1c(=O)n(Cc2ccco2)c2ncccc21)N1CCCCC1. The van der Waals surface area contributed by atoms with Crippen molar-refractivity contribution in [1.82, 2.24) is 19.0 Å². The Morgan fingerprint density at radius 1 is 1.12 bits per heavy atom. The van der Waals surface area contributed by atoms with Gasteiger partial charge in [-0.15, -0.1) is 0 Å². The van der Waals surface area contributed by atoms with Crippen molar-refractivity contribution >= 4 is 17.1 Å². The molecular formula is C18H20N4O3. The number of nitrogens with zero attached hydrogens (tertiary/aromatic N) is 4. The van der Waals surface area contributed by atoms with Gasteiger partial charge < -0.3 is 9.32 Å². The first-order chi connectivity index (χ1) is 12.2. The Hall–Kier alpha value is -2.83. The Labute approximate surface area is 144 Å². The normalized spacial score (nSPS) is 15.0. The van der Waals surface area contributed by atoms with Crippen LogP contribution >= 0.6 is 0 Å². The standard InChI is InChI=1S/C18H20N4O3/c23-16(20-9-2-1-3-10-20)13-21-15-7-4-8-19-17(15)22(18(21)24)12-14-6-5-11-25-14/h4-8,11H,1-3,9-10,12-13H2. The molecule has 1 aliphatic rings. The molecule has 0 unspecified atom stereocenters. The van der Waals surface area contributed by atoms with Gasteiger partial charge in [-0.2, -0.15) is 0 Å². The fraction of sp³-hybridized carbons (Fsp3) is 0.389. The summed E-state index contributed by atoms with van der Waals surface area (Å²) in [6.45, 7) is 1.89. The van der Waals surface area contributed by atoms with Crippen molar-refractivity contribution in [3.63, 3.8) is 0 Å². The summed E-state index contributed by atoms with van der Waals surface area (Å²) in [6, 6.07) is 7.21. The van der Waals surface area contributed by atoms with E-state index in [1.807, 2.05) is 17.0 Å². The van der Waals surface area contributed by atoms with Crippen LogP contribution < -0.4 is 5.69 Å². The maximum absolute atomic E-state index is 12.9. The molecule has 0 radical (unpaired) electrons. The van der Waals surface area contributed by atoms with Crippen molar-refractivity contribution in [3.05, 3.63) is 53.0 Å². The molecule has 3 aromatic rings. The van der Waals surface area contributed by atoms with Crippen LogP contribution in [0.2, 0.25) is 0 Å². The largest absolute Gasteiger partial charge is 0.467 e. The van der Waals surface area contributed by atoms with Gasteiger partial charge in [-0.05, 0) is 43.5 Å². The highest BCUT2D eigenvalue weighted by molar-refractivity contribution is 5.79. The molecule has 4 heterocycles. The van der Waals surface area contributed by atoms with Crippen molar-refractivity contribution in [1.29, 1.82) is 0 Å². The van der Waals surface area contributed by atoms with Gasteiger partial charge in [-0.25, -0.2) is 9.78 Å². The van der Waals surface area contributed by atoms with Gasteiger partial charge in [-0.1, -0.05) is 0 Å². The van der Waals surface area contributed by atoms with E-state index in [1.54, 1.807) is 29.2 Å². The smallest absolute Gasteiger partial charge is 0.331 e. The first-order valence-electron chi connectivity index (χ1n) is 8.58. The number of furan rings is 1. The third-order valence-electron chi connectivity index (χ3n) is 4.67. The number of hydrogen-bond donors (Lipinski definition) is 0. The van der Waals surface area contributed by atoms with Gasteiger partial charge >= 0.3 is 5.69 Å². The predicted molar refractivity (Wildman–Crippen MR) is 92.2 cm³/mol. The lowest BCUT2D eigenvalue weighted by atomic mass is 10.1. The summed E-state index contributed by atoms with van der Waals surface area (Å²) in [6.07, 6.45) is 6.45. The highest BCUT2D eigenvalue weighted by Gasteiger charge is 2.21. The molecule has 1 aliphatic heterocycles. The Morgan fingerprint density at radius 2 is 1.96 bits per heavy atom. The van der Waals surface area contributed by atoms with E-state index in [-0.39, 0.29) is 18.1 Å². The van der Waals surface area contributed by atoms with Crippen LogP contribution in [0.25, 0.3) is 11.2 Å². The van der Waals surface area contributed by atoms with Crippen LogP contribution in [-0.2, 0) is 17.9 Å². The zero-order chi connectivity index (χ0) is 17.2. The zero-order valence-electron chi connectivity index (χ0n) is 13.9. The summed E-state index contributed by atoms with van der Waals surface area (Å²) >= 11 is 0. The van der Waals surface area contributed by atoms with E-state index in [0.717, 1.165) is 32.4 Å². The molecule has 7 heteroatoms. The second-order valence-corrected chi connectivity index (χ2v) is 6.32. The first-order valence-corrected chi connectivity index (χ1v) is 8.58. The number of piperidine rings is 1. The van der Waals surface area contributed by atoms with E-state index in [9.17, 15) is 9.59 Å². The van der Waals surface area contributed by atoms with Crippen molar-refractivity contribution in [2.75, 3.05) is 13.1 Å². The molecule has 0 aromatic carbocycles. The summed E-state index contributed by atoms with van der Waals surface area (Å²) in [5.41, 5.74) is 0.996. The van der Waals surface area contributed by atoms with Gasteiger partial charge in [0.1, 0.15) is 12.3 Å². The second-order valence-electron chi connectivity index (χ2n) is 6.32. The molecule has 0 bridgehead atoms. The minimum atomic E-state index is -0.240. The molecule has 0 N–H and O–H groups in total. The van der Waals surface area contributed by atoms with Gasteiger partial charge in [0.25, 0.3) is 0 Å². The number of aromatic nitrogens is 3. The molecule has 1 amide bonds. The number of carbonyl (C=O) groups is 1. The van der Waals surface area contributed by atoms with Crippen molar-refractivity contribution < 1.29 is 9.21 Å². The summed E-state index contributed by atoms with van der Waals surface area (Å²) < 4.78 is 8.42. The van der Waals surface area contributed by atoms with E-state index >= 15 is 0 Å². The van der Waals surface area contributed by atoms with Crippen LogP contribution in [0.15, 0.2) is 45.9 Å². The molecular weight excluding hydrogens is 320 g/mol. The maximum Gasteiger partial charge on any atom is 0.331 e. The lowest BCUT2D eigenvalue weighted by Gasteiger charge is -2.26. The predicted octanol–water partition coefficient (Wildman–Crippen LogP) is 1.85. The maximum atomic E-state index is 12.9. The molecule has 0 saturated carbocycles. The highest BCUT2D eigenvalue weighted by Crippen LogP contribution is 2.14. The van der Waals surface area contributed by atoms with E-state index in [2.05, 4.69) is 4.98 Å². The monoisotopic (exact) mass is 340 g/mol. The van der Waals surface area contributed by atoms with Gasteiger partial charge in [0.05, 0.1) is 18.3 Å². The second kappa shape index (κ2) is 6.58. The molecule has 1 saturated heterocycles. The number of carbonyl (C=O) groups excluding carboxylic acids is 1. The number of imidazole rings is 1. The lowest BCUT2D eigenvalue weighted by Crippen LogP contribution is -2.39. The van der Waals surface area contributed by atoms with Gasteiger partial charge in [-0.3, -0.25) is 13.9 Å². The molecule has 3 aromatic heterocycles. The lowest BCUT2D eigenvalue weighted by molar-refractivity contribution is -0.132. The molecule has 1 fully saturated rings. The molecule has 4 rings (SSSR count). The van der Waals surface area contributed by atoms with Crippen LogP contribution in [0.3, 0.4) is 0 Å². The molecule has 7 nitrogen and oxygen atoms in total. The topological polar surface area (TPSA) is 73.3 Å². The van der Waals surface area contributed by atoms with Crippen LogP contribution in [0.1, 0.15) is 25.0 Å². The Kier molecular flexibility index (Phi) is 4.13. The molecule has 25 heavy (non-hydrogen) atoms. The van der Waals surface area contributed by atoms with E-state index < -0.39 is 0 Å². The van der Waals surface area contributed by atoms with Gasteiger partial charge in [0.15, 0.2) is 5.65 Å². The number of pyridine rings is 1. The van der Waals surface area contributed by atoms with Crippen molar-refractivity contribution in [3.8, 4) is 0 Å². The molecule has 0 spiro atoms. The number of likely N-dealkylation sites (tertiary alicyclic amines) is 1. The number of hydrogen-bond acceptors (Lipinski definition) is 4. The molecule has 130 valence electrons. The van der Waals surface area contributed by atoms with Crippen LogP contribution in [0.4, 0.5) is 0 Å². The van der Waals surface area contributed by atoms with Crippen molar-refractivity contribution in [2.45, 2.75) is 32.4 Å². The van der Waals surface area contributed by atoms with Gasteiger partial charge in [0.2, 0.25) is 5.91 Å². The summed E-state index contributed by atoms with van der Waals surface area (Å²) in [7, 11) is 0. The van der Waals surface area contributed by atoms with E-state index in [1.165, 1.54) is 4.57 Å². The quantitative estimate of drug-likeness (QED) is 0.726. The summed E-state index contributed by atoms with van der Waals surface area (Å²) in [4.78, 5) is 31.7. The zero-order valence-corrected chi connectivity index (χ0v) is 13.9. The van der Waals surface area contributed by atoms with Crippen LogP contribution in [-0.4, -0.2) is 38.0 Å².